The number of halogens is 3. The van der Waals surface area contributed by atoms with E-state index in [1.54, 1.807) is 91.0 Å². The van der Waals surface area contributed by atoms with Crippen molar-refractivity contribution < 1.29 is 17.6 Å². The Kier molecular flexibility index (Phi) is 6.44. The van der Waals surface area contributed by atoms with Gasteiger partial charge in [-0.25, -0.2) is 0 Å². The van der Waals surface area contributed by atoms with Gasteiger partial charge in [0.2, 0.25) is 0 Å². The molecule has 4 aromatic carbocycles. The molecule has 0 aliphatic rings. The van der Waals surface area contributed by atoms with Crippen LogP contribution in [-0.2, 0) is 5.25 Å². The number of hydrogen-bond acceptors (Lipinski definition) is 2. The van der Waals surface area contributed by atoms with Crippen LogP contribution >= 0.6 is 11.8 Å². The van der Waals surface area contributed by atoms with Crippen molar-refractivity contribution in [1.82, 2.24) is 0 Å². The van der Waals surface area contributed by atoms with E-state index >= 15 is 12.9 Å². The van der Waals surface area contributed by atoms with Crippen LogP contribution in [0, 0.1) is 0 Å². The molecule has 0 heterocycles. The van der Waals surface area contributed by atoms with Gasteiger partial charge in [-0.3, -0.25) is 4.11 Å². The normalized spacial score (nSPS) is 11.9. The number of alkyl halides is 2. The minimum atomic E-state index is -4.18. The van der Waals surface area contributed by atoms with E-state index in [2.05, 4.69) is 0 Å². The Balaban J connectivity index is 1.84. The predicted octanol–water partition coefficient (Wildman–Crippen LogP) is 5.47. The quantitative estimate of drug-likeness (QED) is 0.155. The Bertz CT molecular complexity index is 1130. The summed E-state index contributed by atoms with van der Waals surface area (Å²) in [5.41, 5.74) is -0.303. The summed E-state index contributed by atoms with van der Waals surface area (Å²) in [6.07, 6.45) is 0. The van der Waals surface area contributed by atoms with Crippen LogP contribution in [0.3, 0.4) is 0 Å². The SMILES string of the molecule is COc1ccc(SC(F)(F)c2ccccc2[Si](F)(c2ccccc2)c2ccccc2)cc1. The van der Waals surface area contributed by atoms with Gasteiger partial charge in [-0.05, 0) is 51.6 Å². The smallest absolute Gasteiger partial charge is 0.339 e. The van der Waals surface area contributed by atoms with Gasteiger partial charge >= 0.3 is 13.7 Å². The molecule has 0 aliphatic heterocycles. The third kappa shape index (κ3) is 4.33. The van der Waals surface area contributed by atoms with E-state index in [0.29, 0.717) is 32.8 Å². The van der Waals surface area contributed by atoms with Gasteiger partial charge in [0, 0.05) is 10.5 Å². The van der Waals surface area contributed by atoms with Crippen LogP contribution in [0.2, 0.25) is 0 Å². The number of rotatable bonds is 7. The Morgan fingerprint density at radius 3 is 1.72 bits per heavy atom. The summed E-state index contributed by atoms with van der Waals surface area (Å²) in [7, 11) is -2.66. The van der Waals surface area contributed by atoms with E-state index in [0.717, 1.165) is 0 Å². The van der Waals surface area contributed by atoms with Crippen LogP contribution in [0.4, 0.5) is 12.9 Å². The minimum Gasteiger partial charge on any atom is -0.497 e. The number of ether oxygens (including phenoxy) is 1. The molecule has 0 spiro atoms. The number of thioether (sulfide) groups is 1. The lowest BCUT2D eigenvalue weighted by Crippen LogP contribution is -2.65. The van der Waals surface area contributed by atoms with Crippen LogP contribution in [0.25, 0.3) is 0 Å². The molecule has 0 aliphatic carbocycles. The van der Waals surface area contributed by atoms with Crippen molar-refractivity contribution in [3.8, 4) is 5.75 Å². The molecule has 0 amide bonds. The molecule has 162 valence electrons. The highest BCUT2D eigenvalue weighted by Gasteiger charge is 2.47. The Hall–Kier alpha value is -2.96. The number of methoxy groups -OCH3 is 1. The van der Waals surface area contributed by atoms with Gasteiger partial charge in [-0.2, -0.15) is 8.78 Å². The highest BCUT2D eigenvalue weighted by Crippen LogP contribution is 2.44. The largest absolute Gasteiger partial charge is 0.497 e. The number of hydrogen-bond donors (Lipinski definition) is 0. The van der Waals surface area contributed by atoms with Crippen molar-refractivity contribution in [1.29, 1.82) is 0 Å². The first-order chi connectivity index (χ1) is 15.4. The van der Waals surface area contributed by atoms with E-state index in [4.69, 9.17) is 4.74 Å². The van der Waals surface area contributed by atoms with Crippen molar-refractivity contribution >= 4 is 35.7 Å². The second kappa shape index (κ2) is 9.26. The second-order valence-corrected chi connectivity index (χ2v) is 11.4. The molecule has 6 heteroatoms. The van der Waals surface area contributed by atoms with Gasteiger partial charge in [0.05, 0.1) is 7.11 Å². The molecule has 0 N–H and O–H groups in total. The summed E-state index contributed by atoms with van der Waals surface area (Å²) in [4.78, 5) is 0.371. The lowest BCUT2D eigenvalue weighted by atomic mass is 10.2. The molecule has 0 unspecified atom stereocenters. The maximum Gasteiger partial charge on any atom is 0.339 e. The molecule has 4 rings (SSSR count). The van der Waals surface area contributed by atoms with E-state index in [9.17, 15) is 0 Å². The minimum absolute atomic E-state index is 0.0587. The number of benzene rings is 4. The average Bonchev–Trinajstić information content (AvgIpc) is 2.85. The van der Waals surface area contributed by atoms with E-state index in [1.807, 2.05) is 0 Å². The molecule has 0 aromatic heterocycles. The van der Waals surface area contributed by atoms with Crippen LogP contribution in [0.5, 0.6) is 5.75 Å². The molecule has 0 fully saturated rings. The molecular weight excluding hydrogens is 445 g/mol. The average molecular weight is 467 g/mol. The molecule has 1 nitrogen and oxygen atoms in total. The summed E-state index contributed by atoms with van der Waals surface area (Å²) in [6.45, 7) is 0. The second-order valence-electron chi connectivity index (χ2n) is 7.23. The molecule has 0 saturated heterocycles. The third-order valence-corrected chi connectivity index (χ3v) is 9.68. The van der Waals surface area contributed by atoms with Crippen molar-refractivity contribution in [2.45, 2.75) is 10.2 Å². The maximum atomic E-state index is 17.2. The summed E-state index contributed by atoms with van der Waals surface area (Å²) in [5.74, 6) is 0.585. The van der Waals surface area contributed by atoms with Gasteiger partial charge in [-0.1, -0.05) is 84.9 Å². The maximum absolute atomic E-state index is 17.2. The van der Waals surface area contributed by atoms with Crippen LogP contribution in [0.15, 0.2) is 114 Å². The van der Waals surface area contributed by atoms with Gasteiger partial charge in [-0.15, -0.1) is 0 Å². The van der Waals surface area contributed by atoms with Crippen molar-refractivity contribution in [3.63, 3.8) is 0 Å². The zero-order valence-corrected chi connectivity index (χ0v) is 19.2. The molecule has 4 aromatic rings. The summed E-state index contributed by atoms with van der Waals surface area (Å²) >= 11 is 0.405. The molecule has 0 radical (unpaired) electrons. The Morgan fingerprint density at radius 2 is 1.19 bits per heavy atom. The molecule has 0 saturated carbocycles. The van der Waals surface area contributed by atoms with Crippen molar-refractivity contribution in [2.75, 3.05) is 7.11 Å². The molecule has 0 atom stereocenters. The highest BCUT2D eigenvalue weighted by atomic mass is 32.2. The predicted molar refractivity (Wildman–Crippen MR) is 128 cm³/mol. The Morgan fingerprint density at radius 1 is 0.688 bits per heavy atom. The first-order valence-corrected chi connectivity index (χ1v) is 12.8. The first-order valence-electron chi connectivity index (χ1n) is 10.1. The van der Waals surface area contributed by atoms with E-state index in [1.165, 1.54) is 25.3 Å². The van der Waals surface area contributed by atoms with Crippen molar-refractivity contribution in [3.05, 3.63) is 115 Å². The monoisotopic (exact) mass is 466 g/mol. The fourth-order valence-corrected chi connectivity index (χ4v) is 7.84. The molecule has 0 bridgehead atoms. The Labute approximate surface area is 191 Å². The lowest BCUT2D eigenvalue weighted by Gasteiger charge is -2.29. The molecule has 32 heavy (non-hydrogen) atoms. The standard InChI is InChI=1S/C26H21F3OSSi/c1-30-20-16-18-21(19-17-20)31-26(27,28)24-14-8-9-15-25(24)32(29,22-10-4-2-5-11-22)23-12-6-3-7-13-23/h2-19H,1H3. The first kappa shape index (κ1) is 22.2. The zero-order chi connectivity index (χ0) is 22.6. The lowest BCUT2D eigenvalue weighted by molar-refractivity contribution is 0.106. The van der Waals surface area contributed by atoms with E-state index < -0.39 is 13.7 Å². The third-order valence-electron chi connectivity index (χ3n) is 5.26. The van der Waals surface area contributed by atoms with Gasteiger partial charge in [0.15, 0.2) is 0 Å². The van der Waals surface area contributed by atoms with Crippen LogP contribution in [-0.4, -0.2) is 15.5 Å². The molecular formula is C26H21F3OSSi. The summed E-state index contributed by atoms with van der Waals surface area (Å²) in [5, 5.41) is -2.41. The topological polar surface area (TPSA) is 9.23 Å². The summed E-state index contributed by atoms with van der Waals surface area (Å²) in [6, 6.07) is 29.7. The summed E-state index contributed by atoms with van der Waals surface area (Å²) < 4.78 is 53.6. The van der Waals surface area contributed by atoms with Gasteiger partial charge < -0.3 is 4.74 Å². The van der Waals surface area contributed by atoms with Crippen LogP contribution < -0.4 is 20.3 Å². The van der Waals surface area contributed by atoms with E-state index in [-0.39, 0.29) is 10.8 Å². The fraction of sp³-hybridized carbons (Fsp3) is 0.0769. The van der Waals surface area contributed by atoms with Gasteiger partial charge in [0.1, 0.15) is 5.75 Å². The highest BCUT2D eigenvalue weighted by molar-refractivity contribution is 8.00. The van der Waals surface area contributed by atoms with Crippen LogP contribution in [0.1, 0.15) is 5.56 Å². The zero-order valence-electron chi connectivity index (χ0n) is 17.3. The van der Waals surface area contributed by atoms with Gasteiger partial charge in [0.25, 0.3) is 0 Å². The van der Waals surface area contributed by atoms with Crippen molar-refractivity contribution in [2.24, 2.45) is 0 Å². The fourth-order valence-electron chi connectivity index (χ4n) is 3.70.